The second-order valence-corrected chi connectivity index (χ2v) is 34.2. The quantitative estimate of drug-likeness (QED) is 0.0860. The summed E-state index contributed by atoms with van der Waals surface area (Å²) < 4.78 is 27.1. The van der Waals surface area contributed by atoms with Gasteiger partial charge in [-0.05, 0) is 195 Å². The molecule has 4 aliphatic rings. The number of fused-ring (bicyclic) bond motifs is 2. The smallest absolute Gasteiger partial charge is 0.254 e. The van der Waals surface area contributed by atoms with Crippen LogP contribution in [0.1, 0.15) is 220 Å². The molecule has 12 heterocycles. The van der Waals surface area contributed by atoms with E-state index in [4.69, 9.17) is 4.98 Å². The fraction of sp³-hybridized carbons (Fsp3) is 0.529. The molecule has 8 aromatic heterocycles. The first-order chi connectivity index (χ1) is 51.4. The van der Waals surface area contributed by atoms with Gasteiger partial charge in [0, 0.05) is 105 Å². The van der Waals surface area contributed by atoms with Crippen LogP contribution in [0.3, 0.4) is 0 Å². The van der Waals surface area contributed by atoms with Gasteiger partial charge < -0.3 is 33.3 Å². The molecule has 0 fully saturated rings. The molecule has 110 heavy (non-hydrogen) atoms. The van der Waals surface area contributed by atoms with E-state index >= 15 is 0 Å². The summed E-state index contributed by atoms with van der Waals surface area (Å²) in [6.45, 7) is 57.9. The highest BCUT2D eigenvalue weighted by atomic mass is 15.5. The number of imidazole rings is 6. The lowest BCUT2D eigenvalue weighted by Gasteiger charge is -2.42. The van der Waals surface area contributed by atoms with Crippen molar-refractivity contribution in [3.63, 3.8) is 0 Å². The predicted octanol–water partition coefficient (Wildman–Crippen LogP) is 15.0. The van der Waals surface area contributed by atoms with Crippen LogP contribution in [0.5, 0.6) is 0 Å². The Balaban J connectivity index is 0.000000146. The average Bonchev–Trinajstić information content (AvgIpc) is 1.57. The molecule has 4 atom stereocenters. The van der Waals surface area contributed by atoms with Crippen molar-refractivity contribution in [2.24, 2.45) is 56.4 Å². The summed E-state index contributed by atoms with van der Waals surface area (Å²) in [6, 6.07) is 25.4. The molecule has 0 spiro atoms. The maximum Gasteiger partial charge on any atom is 0.254 e. The van der Waals surface area contributed by atoms with Crippen LogP contribution in [0.4, 0.5) is 34.6 Å². The van der Waals surface area contributed by atoms with Crippen LogP contribution in [0.2, 0.25) is 0 Å². The lowest BCUT2D eigenvalue weighted by Crippen LogP contribution is -2.50. The number of benzene rings is 2. The first-order valence-corrected chi connectivity index (χ1v) is 39.7. The molecule has 0 radical (unpaired) electrons. The van der Waals surface area contributed by atoms with Crippen molar-refractivity contribution in [2.45, 2.75) is 251 Å². The summed E-state index contributed by atoms with van der Waals surface area (Å²) in [6.07, 6.45) is 27.2. The van der Waals surface area contributed by atoms with Gasteiger partial charge in [-0.1, -0.05) is 24.3 Å². The molecule has 0 unspecified atom stereocenters. The van der Waals surface area contributed by atoms with Gasteiger partial charge in [0.2, 0.25) is 23.3 Å². The summed E-state index contributed by atoms with van der Waals surface area (Å²) in [5, 5.41) is 4.54. The third kappa shape index (κ3) is 13.9. The van der Waals surface area contributed by atoms with Gasteiger partial charge in [-0.25, -0.2) is 46.5 Å². The summed E-state index contributed by atoms with van der Waals surface area (Å²) in [5.41, 5.74) is 8.82. The number of aromatic nitrogens is 15. The van der Waals surface area contributed by atoms with E-state index in [1.165, 1.54) is 80.5 Å². The zero-order valence-electron chi connectivity index (χ0n) is 73.2. The van der Waals surface area contributed by atoms with E-state index in [9.17, 15) is 0 Å². The normalized spacial score (nSPS) is 17.4. The molecule has 592 valence electrons. The van der Waals surface area contributed by atoms with E-state index in [1.54, 1.807) is 0 Å². The minimum Gasteiger partial charge on any atom is -0.352 e. The fourth-order valence-electron chi connectivity index (χ4n) is 18.0. The van der Waals surface area contributed by atoms with E-state index in [1.807, 2.05) is 37.8 Å². The summed E-state index contributed by atoms with van der Waals surface area (Å²) in [5.74, 6) is 12.0. The molecule has 0 amide bonds. The molecule has 10 aromatic rings. The Bertz CT molecular complexity index is 4950. The van der Waals surface area contributed by atoms with E-state index in [2.05, 4.69) is 444 Å². The summed E-state index contributed by atoms with van der Waals surface area (Å²) in [4.78, 5) is 28.8. The Morgan fingerprint density at radius 2 is 0.800 bits per heavy atom. The van der Waals surface area contributed by atoms with Gasteiger partial charge in [-0.2, -0.15) is 5.10 Å². The lowest BCUT2D eigenvalue weighted by molar-refractivity contribution is -0.721. The third-order valence-corrected chi connectivity index (χ3v) is 24.7. The highest BCUT2D eigenvalue weighted by molar-refractivity contribution is 5.83. The van der Waals surface area contributed by atoms with Crippen LogP contribution < -0.4 is 42.8 Å². The molecule has 14 rings (SSSR count). The summed E-state index contributed by atoms with van der Waals surface area (Å²) in [7, 11) is 17.0. The number of anilines is 6. The maximum absolute atomic E-state index is 4.98. The van der Waals surface area contributed by atoms with Crippen LogP contribution in [-0.2, 0) is 78.5 Å². The van der Waals surface area contributed by atoms with Gasteiger partial charge >= 0.3 is 0 Å². The maximum atomic E-state index is 4.98. The highest BCUT2D eigenvalue weighted by Gasteiger charge is 2.48. The lowest BCUT2D eigenvalue weighted by atomic mass is 9.96. The highest BCUT2D eigenvalue weighted by Crippen LogP contribution is 2.50. The van der Waals surface area contributed by atoms with Crippen LogP contribution in [-0.4, -0.2) is 91.1 Å². The number of para-hydroxylation sites is 4. The van der Waals surface area contributed by atoms with E-state index < -0.39 is 0 Å². The first-order valence-electron chi connectivity index (χ1n) is 39.7. The average molecular weight is 1500 g/mol. The van der Waals surface area contributed by atoms with E-state index in [-0.39, 0.29) is 46.8 Å². The first kappa shape index (κ1) is 81.1. The number of aryl methyl sites for hydroxylation is 5. The van der Waals surface area contributed by atoms with Crippen molar-refractivity contribution in [1.29, 1.82) is 0 Å². The standard InChI is InChI=1S/C24H34N5.C23H33N6.2C20H33N6/c1-17(2)27-16-23(26(8)18(27)3)28-19(4)29(21-13-10-9-12-20(21)28)24(5,6)22-14-11-15-25(22)7;1-16(2)28-15-21(25(7)17(28)3)27-13-14-29(18(27)4)23(5,6)22-24-19-11-9-10-12-20(19)26(22)8;1-14(2)25-13-19(23(9)16(25)4)24-10-11-26(17(24)5)20(6,7)18-12-21-15(3)22(18)8;1-14(2)25-13-19(22(8)16(25)4)24-10-11-26(17(24)5)20(6,7)18-12-15(3)21-23(18)9/h9-17,19H,1-8H3;9-16,18H,1-8H3;2*10-14,17H,1-9H3/q4*+1/t19-;18-;2*17-/m1111/s1. The molecule has 4 aliphatic heterocycles. The van der Waals surface area contributed by atoms with Crippen LogP contribution in [0.15, 0.2) is 141 Å². The Morgan fingerprint density at radius 3 is 1.18 bits per heavy atom. The van der Waals surface area contributed by atoms with Gasteiger partial charge in [-0.3, -0.25) is 24.3 Å². The monoisotopic (exact) mass is 1500 g/mol. The van der Waals surface area contributed by atoms with Crippen molar-refractivity contribution < 1.29 is 18.3 Å². The molecule has 23 heteroatoms. The number of rotatable bonds is 16. The topological polar surface area (TPSA) is 120 Å². The van der Waals surface area contributed by atoms with Gasteiger partial charge in [0.05, 0.1) is 120 Å². The third-order valence-electron chi connectivity index (χ3n) is 24.7. The number of hydrogen-bond acceptors (Lipinski definition) is 11. The summed E-state index contributed by atoms with van der Waals surface area (Å²) >= 11 is 0. The van der Waals surface area contributed by atoms with Gasteiger partial charge in [-0.15, -0.1) is 0 Å². The van der Waals surface area contributed by atoms with Crippen molar-refractivity contribution in [2.75, 3.05) is 24.5 Å². The second kappa shape index (κ2) is 30.0. The molecule has 0 aliphatic carbocycles. The van der Waals surface area contributed by atoms with Crippen molar-refractivity contribution in [1.82, 2.24) is 66.4 Å². The van der Waals surface area contributed by atoms with Crippen molar-refractivity contribution in [3.05, 3.63) is 199 Å². The molecule has 0 saturated carbocycles. The molecule has 0 bridgehead atoms. The Kier molecular flexibility index (Phi) is 22.1. The molecule has 23 nitrogen and oxygen atoms in total. The molecule has 2 aromatic carbocycles. The molecule has 0 saturated heterocycles. The van der Waals surface area contributed by atoms with E-state index in [0.717, 1.165) is 22.9 Å². The zero-order chi connectivity index (χ0) is 80.9. The Morgan fingerprint density at radius 1 is 0.400 bits per heavy atom. The fourth-order valence-corrected chi connectivity index (χ4v) is 18.0. The minimum atomic E-state index is -0.257. The Hall–Kier alpha value is -9.93. The van der Waals surface area contributed by atoms with Crippen molar-refractivity contribution >= 4 is 45.7 Å². The largest absolute Gasteiger partial charge is 0.352 e. The SMILES string of the molecule is Cc1cc(C(C)(C)N2C=CN(c3c[n+](C(C)C)c(C)n3C)[C@H]2C)n(C)n1.Cc1n(C)c(N2C=CN(C(C)(C)c3nc4ccccc4n3C)[C@@H]2C)c[n+]1C(C)C.Cc1n(C)c(N2c3ccccc3N(C(C)(C)c3cccn3C)[C@@H]2C)c[n+]1C(C)C.Cc1ncc(C(C)(C)N2C=CN(c3c[n+](C(C)C)c(C)n3C)[C@H]2C)n1C. The van der Waals surface area contributed by atoms with E-state index in [0.29, 0.717) is 24.2 Å². The number of hydrogen-bond donors (Lipinski definition) is 0. The molecule has 0 N–H and O–H groups in total. The minimum absolute atomic E-state index is 0.156. The van der Waals surface area contributed by atoms with Crippen LogP contribution in [0.25, 0.3) is 11.0 Å². The Labute approximate surface area is 657 Å². The van der Waals surface area contributed by atoms with Crippen LogP contribution >= 0.6 is 0 Å². The zero-order valence-corrected chi connectivity index (χ0v) is 73.2. The number of nitrogens with zero attached hydrogens (tertiary/aromatic N) is 23. The predicted molar refractivity (Wildman–Crippen MR) is 446 cm³/mol. The van der Waals surface area contributed by atoms with Gasteiger partial charge in [0.1, 0.15) is 36.3 Å². The molecular formula is C87H133N23+4. The van der Waals surface area contributed by atoms with Gasteiger partial charge in [0.25, 0.3) is 23.3 Å². The van der Waals surface area contributed by atoms with Gasteiger partial charge in [0.15, 0.2) is 24.8 Å². The molecular weight excluding hydrogens is 1370 g/mol. The second-order valence-electron chi connectivity index (χ2n) is 34.2. The van der Waals surface area contributed by atoms with Crippen molar-refractivity contribution in [3.8, 4) is 0 Å². The van der Waals surface area contributed by atoms with Crippen LogP contribution in [0, 0.1) is 41.5 Å².